The van der Waals surface area contributed by atoms with Crippen molar-refractivity contribution in [1.82, 2.24) is 19.9 Å². The molecule has 146 valence electrons. The fraction of sp³-hybridized carbons (Fsp3) is 0.381. The van der Waals surface area contributed by atoms with Gasteiger partial charge < -0.3 is 14.1 Å². The van der Waals surface area contributed by atoms with Crippen molar-refractivity contribution in [3.05, 3.63) is 54.2 Å². The second-order valence-electron chi connectivity index (χ2n) is 6.76. The Labute approximate surface area is 165 Å². The molecular formula is C21H25N5O2. The lowest BCUT2D eigenvalue weighted by atomic mass is 10.2. The Morgan fingerprint density at radius 1 is 1.04 bits per heavy atom. The number of aryl methyl sites for hydroxylation is 1. The summed E-state index contributed by atoms with van der Waals surface area (Å²) in [7, 11) is 0. The van der Waals surface area contributed by atoms with Crippen molar-refractivity contribution in [2.45, 2.75) is 20.4 Å². The fourth-order valence-corrected chi connectivity index (χ4v) is 3.39. The first-order valence-corrected chi connectivity index (χ1v) is 9.67. The zero-order valence-electron chi connectivity index (χ0n) is 16.3. The van der Waals surface area contributed by atoms with Crippen LogP contribution in [0.1, 0.15) is 18.4 Å². The highest BCUT2D eigenvalue weighted by molar-refractivity contribution is 5.63. The number of aromatic nitrogens is 3. The highest BCUT2D eigenvalue weighted by atomic mass is 16.5. The van der Waals surface area contributed by atoms with E-state index in [1.165, 1.54) is 0 Å². The Kier molecular flexibility index (Phi) is 5.53. The van der Waals surface area contributed by atoms with Crippen LogP contribution in [0, 0.1) is 6.92 Å². The highest BCUT2D eigenvalue weighted by Crippen LogP contribution is 2.31. The van der Waals surface area contributed by atoms with E-state index in [9.17, 15) is 0 Å². The molecule has 0 spiro atoms. The van der Waals surface area contributed by atoms with E-state index in [0.717, 1.165) is 61.4 Å². The minimum absolute atomic E-state index is 0.610. The minimum atomic E-state index is 0.610. The second-order valence-corrected chi connectivity index (χ2v) is 6.76. The van der Waals surface area contributed by atoms with Crippen LogP contribution in [-0.2, 0) is 6.54 Å². The molecule has 1 aliphatic rings. The van der Waals surface area contributed by atoms with Crippen LogP contribution in [-0.4, -0.2) is 52.6 Å². The van der Waals surface area contributed by atoms with Gasteiger partial charge in [0.25, 0.3) is 0 Å². The number of rotatable bonds is 6. The summed E-state index contributed by atoms with van der Waals surface area (Å²) in [4.78, 5) is 18.1. The Morgan fingerprint density at radius 3 is 2.54 bits per heavy atom. The van der Waals surface area contributed by atoms with E-state index in [1.807, 2.05) is 44.2 Å². The molecule has 7 nitrogen and oxygen atoms in total. The quantitative estimate of drug-likeness (QED) is 0.652. The molecule has 0 amide bonds. The van der Waals surface area contributed by atoms with Crippen molar-refractivity contribution in [3.8, 4) is 17.2 Å². The van der Waals surface area contributed by atoms with E-state index >= 15 is 0 Å². The first-order chi connectivity index (χ1) is 13.7. The van der Waals surface area contributed by atoms with Crippen LogP contribution in [0.4, 0.5) is 5.95 Å². The molecule has 0 saturated carbocycles. The van der Waals surface area contributed by atoms with E-state index in [1.54, 1.807) is 12.4 Å². The summed E-state index contributed by atoms with van der Waals surface area (Å²) >= 11 is 0. The summed E-state index contributed by atoms with van der Waals surface area (Å²) in [6.07, 6.45) is 3.57. The number of benzene rings is 1. The molecule has 1 saturated heterocycles. The van der Waals surface area contributed by atoms with E-state index in [4.69, 9.17) is 14.1 Å². The van der Waals surface area contributed by atoms with Gasteiger partial charge in [0.15, 0.2) is 0 Å². The molecule has 1 aliphatic heterocycles. The molecule has 7 heteroatoms. The van der Waals surface area contributed by atoms with Crippen molar-refractivity contribution in [2.24, 2.45) is 0 Å². The summed E-state index contributed by atoms with van der Waals surface area (Å²) in [5.74, 6) is 3.08. The molecule has 3 heterocycles. The van der Waals surface area contributed by atoms with E-state index in [-0.39, 0.29) is 0 Å². The number of hydrogen-bond acceptors (Lipinski definition) is 7. The van der Waals surface area contributed by atoms with Gasteiger partial charge in [-0.2, -0.15) is 0 Å². The van der Waals surface area contributed by atoms with Gasteiger partial charge in [-0.15, -0.1) is 0 Å². The predicted molar refractivity (Wildman–Crippen MR) is 107 cm³/mol. The van der Waals surface area contributed by atoms with Crippen LogP contribution >= 0.6 is 0 Å². The first-order valence-electron chi connectivity index (χ1n) is 9.67. The van der Waals surface area contributed by atoms with Gasteiger partial charge in [0.05, 0.1) is 17.9 Å². The molecule has 0 bridgehead atoms. The lowest BCUT2D eigenvalue weighted by Crippen LogP contribution is -2.46. The van der Waals surface area contributed by atoms with Gasteiger partial charge >= 0.3 is 0 Å². The van der Waals surface area contributed by atoms with Crippen LogP contribution in [0.25, 0.3) is 11.5 Å². The van der Waals surface area contributed by atoms with Gasteiger partial charge in [0, 0.05) is 45.1 Å². The molecule has 4 rings (SSSR count). The summed E-state index contributed by atoms with van der Waals surface area (Å²) in [5, 5.41) is 0. The zero-order chi connectivity index (χ0) is 19.3. The van der Waals surface area contributed by atoms with Crippen LogP contribution in [0.15, 0.2) is 47.1 Å². The Balaban J connectivity index is 1.43. The van der Waals surface area contributed by atoms with E-state index in [2.05, 4.69) is 19.8 Å². The van der Waals surface area contributed by atoms with E-state index in [0.29, 0.717) is 12.5 Å². The van der Waals surface area contributed by atoms with Crippen molar-refractivity contribution < 1.29 is 9.15 Å². The number of piperazine rings is 1. The van der Waals surface area contributed by atoms with Gasteiger partial charge in [-0.3, -0.25) is 4.90 Å². The number of ether oxygens (including phenoxy) is 1. The molecule has 0 radical (unpaired) electrons. The average Bonchev–Trinajstić information content (AvgIpc) is 3.10. The standard InChI is InChI=1S/C21H25N5O2/c1-3-27-19-8-5-4-7-17(19)20-24-18(16(2)28-20)15-25-11-13-26(14-12-25)21-22-9-6-10-23-21/h4-10H,3,11-15H2,1-2H3. The van der Waals surface area contributed by atoms with Gasteiger partial charge in [-0.05, 0) is 32.0 Å². The Morgan fingerprint density at radius 2 is 1.79 bits per heavy atom. The monoisotopic (exact) mass is 379 g/mol. The summed E-state index contributed by atoms with van der Waals surface area (Å²) in [5.41, 5.74) is 1.87. The maximum Gasteiger partial charge on any atom is 0.230 e. The molecule has 2 aromatic heterocycles. The SMILES string of the molecule is CCOc1ccccc1-c1nc(CN2CCN(c3ncccn3)CC2)c(C)o1. The van der Waals surface area contributed by atoms with Gasteiger partial charge in [-0.1, -0.05) is 12.1 Å². The summed E-state index contributed by atoms with van der Waals surface area (Å²) in [6, 6.07) is 9.71. The van der Waals surface area contributed by atoms with Crippen LogP contribution in [0.3, 0.4) is 0 Å². The third kappa shape index (κ3) is 3.99. The maximum atomic E-state index is 5.97. The van der Waals surface area contributed by atoms with Crippen molar-refractivity contribution in [2.75, 3.05) is 37.7 Å². The van der Waals surface area contributed by atoms with Crippen molar-refractivity contribution in [1.29, 1.82) is 0 Å². The Bertz CT molecular complexity index is 904. The number of hydrogen-bond donors (Lipinski definition) is 0. The summed E-state index contributed by atoms with van der Waals surface area (Å²) in [6.45, 7) is 9.02. The van der Waals surface area contributed by atoms with Crippen LogP contribution in [0.2, 0.25) is 0 Å². The average molecular weight is 379 g/mol. The molecule has 1 aromatic carbocycles. The smallest absolute Gasteiger partial charge is 0.230 e. The highest BCUT2D eigenvalue weighted by Gasteiger charge is 2.22. The lowest BCUT2D eigenvalue weighted by Gasteiger charge is -2.34. The van der Waals surface area contributed by atoms with Crippen molar-refractivity contribution in [3.63, 3.8) is 0 Å². The topological polar surface area (TPSA) is 67.5 Å². The lowest BCUT2D eigenvalue weighted by molar-refractivity contribution is 0.245. The molecule has 1 fully saturated rings. The molecule has 0 atom stereocenters. The zero-order valence-corrected chi connectivity index (χ0v) is 16.3. The second kappa shape index (κ2) is 8.39. The minimum Gasteiger partial charge on any atom is -0.493 e. The first kappa shape index (κ1) is 18.4. The Hall–Kier alpha value is -2.93. The molecule has 0 unspecified atom stereocenters. The molecule has 0 N–H and O–H groups in total. The molecule has 28 heavy (non-hydrogen) atoms. The maximum absolute atomic E-state index is 5.97. The molecular weight excluding hydrogens is 354 g/mol. The normalized spacial score (nSPS) is 15.0. The van der Waals surface area contributed by atoms with E-state index < -0.39 is 0 Å². The molecule has 0 aliphatic carbocycles. The van der Waals surface area contributed by atoms with Gasteiger partial charge in [0.2, 0.25) is 11.8 Å². The number of anilines is 1. The summed E-state index contributed by atoms with van der Waals surface area (Å²) < 4.78 is 11.7. The number of para-hydroxylation sites is 1. The third-order valence-electron chi connectivity index (χ3n) is 4.89. The van der Waals surface area contributed by atoms with Gasteiger partial charge in [-0.25, -0.2) is 15.0 Å². The van der Waals surface area contributed by atoms with Crippen molar-refractivity contribution >= 4 is 5.95 Å². The molecule has 3 aromatic rings. The fourth-order valence-electron chi connectivity index (χ4n) is 3.39. The number of oxazole rings is 1. The number of nitrogens with zero attached hydrogens (tertiary/aromatic N) is 5. The van der Waals surface area contributed by atoms with Gasteiger partial charge in [0.1, 0.15) is 11.5 Å². The third-order valence-corrected chi connectivity index (χ3v) is 4.89. The predicted octanol–water partition coefficient (Wildman–Crippen LogP) is 3.16. The van der Waals surface area contributed by atoms with Crippen LogP contribution < -0.4 is 9.64 Å². The van der Waals surface area contributed by atoms with Crippen LogP contribution in [0.5, 0.6) is 5.75 Å². The largest absolute Gasteiger partial charge is 0.493 e.